The zero-order valence-corrected chi connectivity index (χ0v) is 12.2. The van der Waals surface area contributed by atoms with Crippen LogP contribution in [0, 0.1) is 0 Å². The van der Waals surface area contributed by atoms with Crippen molar-refractivity contribution in [1.82, 2.24) is 0 Å². The van der Waals surface area contributed by atoms with Gasteiger partial charge < -0.3 is 19.3 Å². The number of rotatable bonds is 12. The summed E-state index contributed by atoms with van der Waals surface area (Å²) >= 11 is 0. The van der Waals surface area contributed by atoms with Crippen molar-refractivity contribution in [2.45, 2.75) is 30.9 Å². The van der Waals surface area contributed by atoms with Crippen molar-refractivity contribution in [3.8, 4) is 0 Å². The molecule has 0 saturated heterocycles. The molecule has 0 aromatic rings. The number of aliphatic hydroxyl groups excluding tert-OH is 1. The van der Waals surface area contributed by atoms with Crippen LogP contribution in [0.1, 0.15) is 12.8 Å². The number of alkyl halides is 7. The molecule has 23 heavy (non-hydrogen) atoms. The summed E-state index contributed by atoms with van der Waals surface area (Å²) in [4.78, 5) is 0. The molecule has 140 valence electrons. The maximum atomic E-state index is 13.2. The third-order valence-corrected chi connectivity index (χ3v) is 2.69. The summed E-state index contributed by atoms with van der Waals surface area (Å²) in [5, 5.41) is 8.39. The summed E-state index contributed by atoms with van der Waals surface area (Å²) in [6.07, 6.45) is -14.5. The molecule has 1 N–H and O–H groups in total. The van der Waals surface area contributed by atoms with Crippen LogP contribution in [0.25, 0.3) is 0 Å². The summed E-state index contributed by atoms with van der Waals surface area (Å²) in [5.74, 6) is 0. The molecule has 0 heterocycles. The van der Waals surface area contributed by atoms with Crippen molar-refractivity contribution in [1.29, 1.82) is 0 Å². The van der Waals surface area contributed by atoms with Gasteiger partial charge in [-0.3, -0.25) is 0 Å². The van der Waals surface area contributed by atoms with Gasteiger partial charge in [-0.05, 0) is 6.42 Å². The Hall–Kier alpha value is -0.650. The lowest BCUT2D eigenvalue weighted by Crippen LogP contribution is -2.53. The molecule has 0 saturated carbocycles. The van der Waals surface area contributed by atoms with Gasteiger partial charge in [-0.15, -0.1) is 0 Å². The zero-order chi connectivity index (χ0) is 18.0. The number of aliphatic hydroxyl groups is 1. The van der Waals surface area contributed by atoms with E-state index in [0.717, 1.165) is 0 Å². The molecule has 0 radical (unpaired) electrons. The average Bonchev–Trinajstić information content (AvgIpc) is 2.42. The smallest absolute Gasteiger partial charge is 0.394 e. The lowest BCUT2D eigenvalue weighted by Gasteiger charge is -2.29. The fraction of sp³-hybridized carbons (Fsp3) is 1.00. The maximum Gasteiger partial charge on any atom is 0.431 e. The highest BCUT2D eigenvalue weighted by Gasteiger charge is 2.71. The second-order valence-corrected chi connectivity index (χ2v) is 4.46. The quantitative estimate of drug-likeness (QED) is 0.429. The van der Waals surface area contributed by atoms with Crippen LogP contribution < -0.4 is 0 Å². The van der Waals surface area contributed by atoms with Crippen LogP contribution in [0.15, 0.2) is 0 Å². The molecule has 0 aliphatic rings. The third-order valence-electron chi connectivity index (χ3n) is 2.69. The first-order chi connectivity index (χ1) is 10.6. The molecule has 11 heteroatoms. The predicted octanol–water partition coefficient (Wildman–Crippen LogP) is 2.64. The van der Waals surface area contributed by atoms with Crippen LogP contribution in [-0.4, -0.2) is 69.4 Å². The van der Waals surface area contributed by atoms with E-state index in [1.54, 1.807) is 0 Å². The van der Waals surface area contributed by atoms with Crippen LogP contribution in [0.3, 0.4) is 0 Å². The molecule has 0 aliphatic carbocycles. The van der Waals surface area contributed by atoms with Gasteiger partial charge in [-0.25, -0.2) is 4.39 Å². The normalized spacial score (nSPS) is 13.6. The summed E-state index contributed by atoms with van der Waals surface area (Å²) in [5.41, 5.74) is -5.23. The van der Waals surface area contributed by atoms with E-state index in [1.807, 2.05) is 0 Å². The van der Waals surface area contributed by atoms with Crippen LogP contribution in [0.2, 0.25) is 0 Å². The highest BCUT2D eigenvalue weighted by molar-refractivity contribution is 4.94. The van der Waals surface area contributed by atoms with Gasteiger partial charge in [-0.1, -0.05) is 0 Å². The Morgan fingerprint density at radius 1 is 0.609 bits per heavy atom. The second-order valence-electron chi connectivity index (χ2n) is 4.46. The fourth-order valence-electron chi connectivity index (χ4n) is 1.47. The van der Waals surface area contributed by atoms with Gasteiger partial charge in [0.15, 0.2) is 0 Å². The SMILES string of the molecule is OCCOCCOCCOCCCC(F)(C(F)(F)F)C(F)(F)F. The first kappa shape index (κ1) is 22.4. The molecular weight excluding hydrogens is 341 g/mol. The van der Waals surface area contributed by atoms with E-state index >= 15 is 0 Å². The Morgan fingerprint density at radius 2 is 1.00 bits per heavy atom. The first-order valence-corrected chi connectivity index (χ1v) is 6.72. The highest BCUT2D eigenvalue weighted by atomic mass is 19.4. The number of hydrogen-bond donors (Lipinski definition) is 1. The summed E-state index contributed by atoms with van der Waals surface area (Å²) in [6.45, 7) is -0.0131. The Bertz CT molecular complexity index is 293. The van der Waals surface area contributed by atoms with Gasteiger partial charge in [0.05, 0.1) is 39.6 Å². The molecule has 4 nitrogen and oxygen atoms in total. The molecule has 0 aromatic carbocycles. The second kappa shape index (κ2) is 10.3. The standard InChI is InChI=1S/C12H19F7O4/c13-10(11(14,15)16,12(17,18)19)2-1-4-21-6-8-23-9-7-22-5-3-20/h20H,1-9H2. The van der Waals surface area contributed by atoms with Crippen molar-refractivity contribution in [2.75, 3.05) is 46.2 Å². The van der Waals surface area contributed by atoms with Crippen LogP contribution in [0.5, 0.6) is 0 Å². The minimum atomic E-state index is -6.02. The molecule has 0 spiro atoms. The summed E-state index contributed by atoms with van der Waals surface area (Å²) in [7, 11) is 0. The zero-order valence-electron chi connectivity index (χ0n) is 12.2. The Balaban J connectivity index is 3.81. The van der Waals surface area contributed by atoms with Crippen molar-refractivity contribution in [2.24, 2.45) is 0 Å². The topological polar surface area (TPSA) is 47.9 Å². The van der Waals surface area contributed by atoms with Crippen LogP contribution >= 0.6 is 0 Å². The van der Waals surface area contributed by atoms with E-state index in [-0.39, 0.29) is 39.6 Å². The number of ether oxygens (including phenoxy) is 3. The van der Waals surface area contributed by atoms with Gasteiger partial charge >= 0.3 is 12.4 Å². The largest absolute Gasteiger partial charge is 0.431 e. The van der Waals surface area contributed by atoms with Gasteiger partial charge in [0.1, 0.15) is 0 Å². The first-order valence-electron chi connectivity index (χ1n) is 6.72. The lowest BCUT2D eigenvalue weighted by atomic mass is 9.98. The highest BCUT2D eigenvalue weighted by Crippen LogP contribution is 2.48. The fourth-order valence-corrected chi connectivity index (χ4v) is 1.47. The number of halogens is 7. The van der Waals surface area contributed by atoms with Gasteiger partial charge in [0, 0.05) is 13.0 Å². The summed E-state index contributed by atoms with van der Waals surface area (Å²) < 4.78 is 101. The van der Waals surface area contributed by atoms with E-state index in [9.17, 15) is 30.7 Å². The van der Waals surface area contributed by atoms with Crippen LogP contribution in [0.4, 0.5) is 30.7 Å². The van der Waals surface area contributed by atoms with Crippen molar-refractivity contribution in [3.05, 3.63) is 0 Å². The molecule has 0 aromatic heterocycles. The summed E-state index contributed by atoms with van der Waals surface area (Å²) in [6, 6.07) is 0. The van der Waals surface area contributed by atoms with Crippen molar-refractivity contribution >= 4 is 0 Å². The van der Waals surface area contributed by atoms with E-state index in [2.05, 4.69) is 0 Å². The minimum Gasteiger partial charge on any atom is -0.394 e. The minimum absolute atomic E-state index is 0.0573. The molecule has 0 unspecified atom stereocenters. The Labute approximate surface area is 128 Å². The predicted molar refractivity (Wildman–Crippen MR) is 64.7 cm³/mol. The maximum absolute atomic E-state index is 13.2. The molecule has 0 fully saturated rings. The molecular formula is C12H19F7O4. The molecule has 0 aliphatic heterocycles. The molecule has 0 bridgehead atoms. The monoisotopic (exact) mass is 360 g/mol. The number of hydrogen-bond acceptors (Lipinski definition) is 4. The molecule has 0 atom stereocenters. The Kier molecular flexibility index (Phi) is 9.97. The van der Waals surface area contributed by atoms with E-state index in [0.29, 0.717) is 0 Å². The molecule has 0 amide bonds. The van der Waals surface area contributed by atoms with Crippen molar-refractivity contribution in [3.63, 3.8) is 0 Å². The van der Waals surface area contributed by atoms with E-state index in [1.165, 1.54) is 0 Å². The van der Waals surface area contributed by atoms with Crippen LogP contribution in [-0.2, 0) is 14.2 Å². The van der Waals surface area contributed by atoms with E-state index < -0.39 is 37.5 Å². The third kappa shape index (κ3) is 8.13. The van der Waals surface area contributed by atoms with Gasteiger partial charge in [0.25, 0.3) is 5.67 Å². The van der Waals surface area contributed by atoms with E-state index in [4.69, 9.17) is 19.3 Å². The molecule has 0 rings (SSSR count). The Morgan fingerprint density at radius 3 is 1.39 bits per heavy atom. The van der Waals surface area contributed by atoms with Gasteiger partial charge in [0.2, 0.25) is 0 Å². The lowest BCUT2D eigenvalue weighted by molar-refractivity contribution is -0.343. The van der Waals surface area contributed by atoms with Crippen molar-refractivity contribution < 1.29 is 50.1 Å². The average molecular weight is 360 g/mol. The van der Waals surface area contributed by atoms with Gasteiger partial charge in [-0.2, -0.15) is 26.3 Å².